The zero-order valence-electron chi connectivity index (χ0n) is 13.0. The van der Waals surface area contributed by atoms with Crippen molar-refractivity contribution in [1.82, 2.24) is 10.2 Å². The first-order valence-corrected chi connectivity index (χ1v) is 8.30. The number of methoxy groups -OCH3 is 1. The van der Waals surface area contributed by atoms with Crippen LogP contribution in [0.1, 0.15) is 23.4 Å². The van der Waals surface area contributed by atoms with Crippen LogP contribution >= 0.6 is 15.9 Å². The summed E-state index contributed by atoms with van der Waals surface area (Å²) in [6, 6.07) is 3.42. The van der Waals surface area contributed by atoms with Gasteiger partial charge in [0, 0.05) is 26.2 Å². The maximum absolute atomic E-state index is 12.2. The minimum atomic E-state index is -0.138. The Kier molecular flexibility index (Phi) is 7.07. The van der Waals surface area contributed by atoms with Gasteiger partial charge in [-0.1, -0.05) is 0 Å². The lowest BCUT2D eigenvalue weighted by atomic mass is 10.0. The fraction of sp³-hybridized carbons (Fsp3) is 0.600. The third-order valence-corrected chi connectivity index (χ3v) is 4.02. The Morgan fingerprint density at radius 3 is 2.70 bits per heavy atom. The maximum Gasteiger partial charge on any atom is 0.289 e. The van der Waals surface area contributed by atoms with Gasteiger partial charge in [-0.25, -0.2) is 0 Å². The molecule has 1 aliphatic rings. The average molecular weight is 389 g/mol. The molecule has 0 atom stereocenters. The van der Waals surface area contributed by atoms with Crippen molar-refractivity contribution in [3.63, 3.8) is 0 Å². The fourth-order valence-electron chi connectivity index (χ4n) is 2.39. The SMILES string of the molecule is COCCOCC(=O)NC1CCN(C(=O)c2ccc(Br)o2)CC1. The van der Waals surface area contributed by atoms with E-state index in [-0.39, 0.29) is 24.5 Å². The summed E-state index contributed by atoms with van der Waals surface area (Å²) in [7, 11) is 1.58. The molecule has 1 fully saturated rings. The van der Waals surface area contributed by atoms with Gasteiger partial charge in [0.1, 0.15) is 6.61 Å². The highest BCUT2D eigenvalue weighted by Crippen LogP contribution is 2.18. The first-order valence-electron chi connectivity index (χ1n) is 7.51. The van der Waals surface area contributed by atoms with Crippen molar-refractivity contribution in [2.75, 3.05) is 40.0 Å². The number of carbonyl (C=O) groups excluding carboxylic acids is 2. The van der Waals surface area contributed by atoms with Crippen LogP contribution in [0, 0.1) is 0 Å². The van der Waals surface area contributed by atoms with Crippen molar-refractivity contribution in [1.29, 1.82) is 0 Å². The maximum atomic E-state index is 12.2. The molecule has 0 aliphatic carbocycles. The van der Waals surface area contributed by atoms with E-state index in [1.165, 1.54) is 0 Å². The summed E-state index contributed by atoms with van der Waals surface area (Å²) in [6.07, 6.45) is 1.44. The predicted octanol–water partition coefficient (Wildman–Crippen LogP) is 1.43. The summed E-state index contributed by atoms with van der Waals surface area (Å²) >= 11 is 3.19. The number of ether oxygens (including phenoxy) is 2. The number of rotatable bonds is 7. The van der Waals surface area contributed by atoms with Crippen molar-refractivity contribution in [3.05, 3.63) is 22.6 Å². The third-order valence-electron chi connectivity index (χ3n) is 3.60. The lowest BCUT2D eigenvalue weighted by molar-refractivity contribution is -0.127. The summed E-state index contributed by atoms with van der Waals surface area (Å²) in [5, 5.41) is 2.93. The molecule has 0 radical (unpaired) electrons. The van der Waals surface area contributed by atoms with E-state index in [9.17, 15) is 9.59 Å². The van der Waals surface area contributed by atoms with Gasteiger partial charge in [0.15, 0.2) is 10.4 Å². The molecule has 0 spiro atoms. The molecule has 23 heavy (non-hydrogen) atoms. The van der Waals surface area contributed by atoms with Crippen LogP contribution in [-0.4, -0.2) is 62.8 Å². The number of halogens is 1. The summed E-state index contributed by atoms with van der Waals surface area (Å²) in [4.78, 5) is 25.7. The highest BCUT2D eigenvalue weighted by atomic mass is 79.9. The number of likely N-dealkylation sites (tertiary alicyclic amines) is 1. The number of piperidine rings is 1. The number of nitrogens with zero attached hydrogens (tertiary/aromatic N) is 1. The van der Waals surface area contributed by atoms with E-state index in [0.29, 0.717) is 36.7 Å². The lowest BCUT2D eigenvalue weighted by Gasteiger charge is -2.31. The summed E-state index contributed by atoms with van der Waals surface area (Å²) in [5.74, 6) is 0.0649. The molecule has 1 aromatic rings. The van der Waals surface area contributed by atoms with Gasteiger partial charge in [-0.15, -0.1) is 0 Å². The van der Waals surface area contributed by atoms with E-state index >= 15 is 0 Å². The molecule has 2 rings (SSSR count). The van der Waals surface area contributed by atoms with Crippen LogP contribution in [0.4, 0.5) is 0 Å². The second-order valence-corrected chi connectivity index (χ2v) is 6.06. The zero-order valence-corrected chi connectivity index (χ0v) is 14.6. The van der Waals surface area contributed by atoms with Gasteiger partial charge in [0.05, 0.1) is 13.2 Å². The Balaban J connectivity index is 1.69. The molecule has 2 amide bonds. The van der Waals surface area contributed by atoms with Crippen molar-refractivity contribution in [2.45, 2.75) is 18.9 Å². The van der Waals surface area contributed by atoms with E-state index in [0.717, 1.165) is 12.8 Å². The molecule has 7 nitrogen and oxygen atoms in total. The normalized spacial score (nSPS) is 15.7. The van der Waals surface area contributed by atoms with Gasteiger partial charge in [-0.2, -0.15) is 0 Å². The van der Waals surface area contributed by atoms with Crippen LogP contribution < -0.4 is 5.32 Å². The molecule has 0 unspecified atom stereocenters. The quantitative estimate of drug-likeness (QED) is 0.714. The van der Waals surface area contributed by atoms with Crippen LogP contribution in [0.15, 0.2) is 21.2 Å². The van der Waals surface area contributed by atoms with Gasteiger partial charge in [-0.05, 0) is 40.9 Å². The van der Waals surface area contributed by atoms with Gasteiger partial charge in [-0.3, -0.25) is 9.59 Å². The number of furan rings is 1. The van der Waals surface area contributed by atoms with E-state index in [4.69, 9.17) is 13.9 Å². The molecule has 1 aliphatic heterocycles. The molecule has 0 bridgehead atoms. The van der Waals surface area contributed by atoms with Crippen molar-refractivity contribution in [2.24, 2.45) is 0 Å². The lowest BCUT2D eigenvalue weighted by Crippen LogP contribution is -2.47. The van der Waals surface area contributed by atoms with E-state index < -0.39 is 0 Å². The Morgan fingerprint density at radius 2 is 2.09 bits per heavy atom. The van der Waals surface area contributed by atoms with Gasteiger partial charge in [0.2, 0.25) is 5.91 Å². The summed E-state index contributed by atoms with van der Waals surface area (Å²) in [5.41, 5.74) is 0. The fourth-order valence-corrected chi connectivity index (χ4v) is 2.70. The molecule has 8 heteroatoms. The largest absolute Gasteiger partial charge is 0.444 e. The predicted molar refractivity (Wildman–Crippen MR) is 86.2 cm³/mol. The average Bonchev–Trinajstić information content (AvgIpc) is 2.98. The number of carbonyl (C=O) groups is 2. The van der Waals surface area contributed by atoms with Crippen molar-refractivity contribution in [3.8, 4) is 0 Å². The molecule has 1 N–H and O–H groups in total. The summed E-state index contributed by atoms with van der Waals surface area (Å²) in [6.45, 7) is 2.08. The molecule has 1 saturated heterocycles. The van der Waals surface area contributed by atoms with Crippen molar-refractivity contribution < 1.29 is 23.5 Å². The molecular formula is C15H21BrN2O5. The van der Waals surface area contributed by atoms with Gasteiger partial charge >= 0.3 is 0 Å². The monoisotopic (exact) mass is 388 g/mol. The number of hydrogen-bond acceptors (Lipinski definition) is 5. The minimum absolute atomic E-state index is 0.0307. The number of nitrogens with one attached hydrogen (secondary N) is 1. The van der Waals surface area contributed by atoms with E-state index in [1.807, 2.05) is 0 Å². The van der Waals surface area contributed by atoms with Crippen LogP contribution in [0.2, 0.25) is 0 Å². The standard InChI is InChI=1S/C15H21BrN2O5/c1-21-8-9-22-10-14(19)17-11-4-6-18(7-5-11)15(20)12-2-3-13(16)23-12/h2-3,11H,4-10H2,1H3,(H,17,19). The number of hydrogen-bond donors (Lipinski definition) is 1. The van der Waals surface area contributed by atoms with Gasteiger partial charge < -0.3 is 24.1 Å². The Hall–Kier alpha value is -1.38. The molecule has 128 valence electrons. The Labute approximate surface area is 143 Å². The molecular weight excluding hydrogens is 368 g/mol. The molecule has 0 saturated carbocycles. The Bertz CT molecular complexity index is 526. The van der Waals surface area contributed by atoms with Crippen LogP contribution in [0.5, 0.6) is 0 Å². The number of amides is 2. The van der Waals surface area contributed by atoms with Crippen molar-refractivity contribution >= 4 is 27.7 Å². The smallest absolute Gasteiger partial charge is 0.289 e. The zero-order chi connectivity index (χ0) is 16.7. The molecule has 1 aromatic heterocycles. The second-order valence-electron chi connectivity index (χ2n) is 5.28. The highest BCUT2D eigenvalue weighted by molar-refractivity contribution is 9.10. The van der Waals surface area contributed by atoms with Crippen LogP contribution in [0.25, 0.3) is 0 Å². The van der Waals surface area contributed by atoms with E-state index in [2.05, 4.69) is 21.2 Å². The van der Waals surface area contributed by atoms with E-state index in [1.54, 1.807) is 24.1 Å². The third kappa shape index (κ3) is 5.63. The molecule has 0 aromatic carbocycles. The summed E-state index contributed by atoms with van der Waals surface area (Å²) < 4.78 is 15.8. The first-order chi connectivity index (χ1) is 11.1. The Morgan fingerprint density at radius 1 is 1.35 bits per heavy atom. The van der Waals surface area contributed by atoms with Gasteiger partial charge in [0.25, 0.3) is 5.91 Å². The first kappa shape index (κ1) is 18.0. The second kappa shape index (κ2) is 9.05. The topological polar surface area (TPSA) is 81.0 Å². The van der Waals surface area contributed by atoms with Crippen LogP contribution in [0.3, 0.4) is 0 Å². The van der Waals surface area contributed by atoms with Crippen LogP contribution in [-0.2, 0) is 14.3 Å². The minimum Gasteiger partial charge on any atom is -0.444 e. The molecule has 2 heterocycles. The highest BCUT2D eigenvalue weighted by Gasteiger charge is 2.26.